The highest BCUT2D eigenvalue weighted by atomic mass is 16.5. The first-order valence-corrected chi connectivity index (χ1v) is 9.42. The van der Waals surface area contributed by atoms with Crippen LogP contribution in [0.1, 0.15) is 11.4 Å². The zero-order chi connectivity index (χ0) is 18.2. The molecule has 1 N–H and O–H groups in total. The minimum absolute atomic E-state index is 0.721. The Balaban J connectivity index is 1.71. The summed E-state index contributed by atoms with van der Waals surface area (Å²) >= 11 is 0. The molecule has 1 fully saturated rings. The van der Waals surface area contributed by atoms with Gasteiger partial charge in [0.05, 0.1) is 31.7 Å². The fourth-order valence-corrected chi connectivity index (χ4v) is 3.85. The topological polar surface area (TPSA) is 63.9 Å². The van der Waals surface area contributed by atoms with Crippen molar-refractivity contribution in [3.63, 3.8) is 0 Å². The average molecular weight is 365 g/mol. The maximum absolute atomic E-state index is 5.54. The van der Waals surface area contributed by atoms with Gasteiger partial charge in [0, 0.05) is 50.1 Å². The van der Waals surface area contributed by atoms with E-state index in [-0.39, 0.29) is 0 Å². The number of nitrogens with zero attached hydrogens (tertiary/aromatic N) is 4. The molecule has 2 aromatic heterocycles. The van der Waals surface area contributed by atoms with Gasteiger partial charge < -0.3 is 19.7 Å². The number of nitrogens with one attached hydrogen (secondary N) is 1. The largest absolute Gasteiger partial charge is 0.497 e. The van der Waals surface area contributed by atoms with Gasteiger partial charge in [0.2, 0.25) is 0 Å². The molecule has 0 atom stereocenters. The van der Waals surface area contributed by atoms with Crippen LogP contribution in [0, 0.1) is 0 Å². The van der Waals surface area contributed by atoms with E-state index in [4.69, 9.17) is 19.4 Å². The Bertz CT molecular complexity index is 978. The number of imidazole rings is 1. The second-order valence-corrected chi connectivity index (χ2v) is 6.91. The lowest BCUT2D eigenvalue weighted by Gasteiger charge is -2.28. The number of fused-ring (bicyclic) bond motifs is 3. The van der Waals surface area contributed by atoms with Crippen molar-refractivity contribution in [2.75, 3.05) is 44.9 Å². The molecule has 0 radical (unpaired) electrons. The Morgan fingerprint density at radius 3 is 2.93 bits per heavy atom. The number of hydrogen-bond acceptors (Lipinski definition) is 6. The number of hydrogen-bond donors (Lipinski definition) is 1. The molecule has 7 nitrogen and oxygen atoms in total. The average Bonchev–Trinajstić information content (AvgIpc) is 3.12. The normalized spacial score (nSPS) is 17.1. The van der Waals surface area contributed by atoms with Crippen LogP contribution in [0.4, 0.5) is 5.82 Å². The SMILES string of the molecule is COc1cccc(-c2cn3c4c(nc3c(N3CCOCC3)n2)CNCC4)c1. The van der Waals surface area contributed by atoms with E-state index in [0.717, 1.165) is 80.0 Å². The predicted molar refractivity (Wildman–Crippen MR) is 103 cm³/mol. The summed E-state index contributed by atoms with van der Waals surface area (Å²) in [5.41, 5.74) is 5.33. The molecule has 1 saturated heterocycles. The predicted octanol–water partition coefficient (Wildman–Crippen LogP) is 1.89. The Morgan fingerprint density at radius 1 is 1.19 bits per heavy atom. The van der Waals surface area contributed by atoms with E-state index < -0.39 is 0 Å². The lowest BCUT2D eigenvalue weighted by atomic mass is 10.1. The zero-order valence-corrected chi connectivity index (χ0v) is 15.4. The van der Waals surface area contributed by atoms with Crippen LogP contribution in [0.25, 0.3) is 16.9 Å². The molecule has 4 heterocycles. The highest BCUT2D eigenvalue weighted by molar-refractivity contribution is 5.72. The second kappa shape index (κ2) is 6.83. The monoisotopic (exact) mass is 365 g/mol. The van der Waals surface area contributed by atoms with Crippen LogP contribution in [0.5, 0.6) is 5.75 Å². The van der Waals surface area contributed by atoms with Gasteiger partial charge in [-0.1, -0.05) is 12.1 Å². The number of anilines is 1. The molecular formula is C20H23N5O2. The third-order valence-corrected chi connectivity index (χ3v) is 5.28. The van der Waals surface area contributed by atoms with E-state index in [9.17, 15) is 0 Å². The van der Waals surface area contributed by atoms with Gasteiger partial charge in [0.15, 0.2) is 11.5 Å². The molecule has 0 amide bonds. The molecule has 5 rings (SSSR count). The molecule has 140 valence electrons. The van der Waals surface area contributed by atoms with Gasteiger partial charge in [-0.2, -0.15) is 0 Å². The highest BCUT2D eigenvalue weighted by Gasteiger charge is 2.23. The third-order valence-electron chi connectivity index (χ3n) is 5.28. The number of aromatic nitrogens is 3. The van der Waals surface area contributed by atoms with Gasteiger partial charge in [0.25, 0.3) is 0 Å². The molecule has 0 saturated carbocycles. The van der Waals surface area contributed by atoms with E-state index >= 15 is 0 Å². The number of rotatable bonds is 3. The Labute approximate surface area is 157 Å². The van der Waals surface area contributed by atoms with E-state index in [1.54, 1.807) is 7.11 Å². The standard InChI is InChI=1S/C20H23N5O2/c1-26-15-4-2-3-14(11-15)17-13-25-18-5-6-21-12-16(18)22-20(25)19(23-17)24-7-9-27-10-8-24/h2-4,11,13,21H,5-10,12H2,1H3. The number of benzene rings is 1. The summed E-state index contributed by atoms with van der Waals surface area (Å²) in [6.45, 7) is 4.90. The van der Waals surface area contributed by atoms with Crippen molar-refractivity contribution in [3.8, 4) is 17.0 Å². The smallest absolute Gasteiger partial charge is 0.180 e. The van der Waals surface area contributed by atoms with Crippen LogP contribution in [-0.2, 0) is 17.7 Å². The summed E-state index contributed by atoms with van der Waals surface area (Å²) < 4.78 is 13.2. The number of methoxy groups -OCH3 is 1. The first-order valence-electron chi connectivity index (χ1n) is 9.42. The fourth-order valence-electron chi connectivity index (χ4n) is 3.85. The third kappa shape index (κ3) is 2.93. The van der Waals surface area contributed by atoms with E-state index in [0.29, 0.717) is 0 Å². The van der Waals surface area contributed by atoms with Crippen molar-refractivity contribution < 1.29 is 9.47 Å². The van der Waals surface area contributed by atoms with Crippen molar-refractivity contribution in [3.05, 3.63) is 41.9 Å². The van der Waals surface area contributed by atoms with Crippen molar-refractivity contribution in [1.82, 2.24) is 19.7 Å². The Kier molecular flexibility index (Phi) is 4.18. The van der Waals surface area contributed by atoms with Crippen LogP contribution in [-0.4, -0.2) is 54.3 Å². The van der Waals surface area contributed by atoms with Gasteiger partial charge in [-0.25, -0.2) is 9.97 Å². The van der Waals surface area contributed by atoms with Crippen LogP contribution in [0.15, 0.2) is 30.5 Å². The van der Waals surface area contributed by atoms with Crippen LogP contribution in [0.3, 0.4) is 0 Å². The summed E-state index contributed by atoms with van der Waals surface area (Å²) in [7, 11) is 1.69. The second-order valence-electron chi connectivity index (χ2n) is 6.91. The maximum Gasteiger partial charge on any atom is 0.180 e. The molecular weight excluding hydrogens is 342 g/mol. The van der Waals surface area contributed by atoms with Crippen molar-refractivity contribution in [2.24, 2.45) is 0 Å². The summed E-state index contributed by atoms with van der Waals surface area (Å²) in [6.07, 6.45) is 3.09. The minimum Gasteiger partial charge on any atom is -0.497 e. The molecule has 3 aromatic rings. The van der Waals surface area contributed by atoms with Crippen molar-refractivity contribution >= 4 is 11.5 Å². The van der Waals surface area contributed by atoms with E-state index in [1.165, 1.54) is 5.69 Å². The highest BCUT2D eigenvalue weighted by Crippen LogP contribution is 2.30. The van der Waals surface area contributed by atoms with Gasteiger partial charge in [-0.05, 0) is 12.1 Å². The lowest BCUT2D eigenvalue weighted by molar-refractivity contribution is 0.122. The van der Waals surface area contributed by atoms with Gasteiger partial charge in [-0.15, -0.1) is 0 Å². The summed E-state index contributed by atoms with van der Waals surface area (Å²) in [5, 5.41) is 3.42. The van der Waals surface area contributed by atoms with Gasteiger partial charge in [-0.3, -0.25) is 4.40 Å². The van der Waals surface area contributed by atoms with Crippen molar-refractivity contribution in [1.29, 1.82) is 0 Å². The lowest BCUT2D eigenvalue weighted by Crippen LogP contribution is -2.37. The Morgan fingerprint density at radius 2 is 2.07 bits per heavy atom. The first kappa shape index (κ1) is 16.5. The number of ether oxygens (including phenoxy) is 2. The Hall–Kier alpha value is -2.64. The summed E-state index contributed by atoms with van der Waals surface area (Å²) in [6, 6.07) is 8.06. The minimum atomic E-state index is 0.721. The summed E-state index contributed by atoms with van der Waals surface area (Å²) in [4.78, 5) is 12.2. The zero-order valence-electron chi connectivity index (χ0n) is 15.4. The molecule has 0 bridgehead atoms. The number of morpholine rings is 1. The quantitative estimate of drug-likeness (QED) is 0.765. The van der Waals surface area contributed by atoms with Gasteiger partial charge in [0.1, 0.15) is 5.75 Å². The molecule has 1 aromatic carbocycles. The molecule has 7 heteroatoms. The van der Waals surface area contributed by atoms with Gasteiger partial charge >= 0.3 is 0 Å². The van der Waals surface area contributed by atoms with Crippen molar-refractivity contribution in [2.45, 2.75) is 13.0 Å². The first-order chi connectivity index (χ1) is 13.3. The molecule has 27 heavy (non-hydrogen) atoms. The van der Waals surface area contributed by atoms with E-state index in [1.807, 2.05) is 18.2 Å². The van der Waals surface area contributed by atoms with E-state index in [2.05, 4.69) is 26.9 Å². The molecule has 0 unspecified atom stereocenters. The fraction of sp³-hybridized carbons (Fsp3) is 0.400. The maximum atomic E-state index is 5.54. The summed E-state index contributed by atoms with van der Waals surface area (Å²) in [5.74, 6) is 1.77. The molecule has 2 aliphatic rings. The van der Waals surface area contributed by atoms with Crippen LogP contribution < -0.4 is 15.0 Å². The van der Waals surface area contributed by atoms with Crippen LogP contribution >= 0.6 is 0 Å². The molecule has 0 spiro atoms. The molecule has 0 aliphatic carbocycles. The molecule has 2 aliphatic heterocycles. The van der Waals surface area contributed by atoms with Crippen LogP contribution in [0.2, 0.25) is 0 Å².